The topological polar surface area (TPSA) is 80.4 Å². The van der Waals surface area contributed by atoms with E-state index in [1.165, 1.54) is 0 Å². The number of nitrogens with zero attached hydrogens (tertiary/aromatic N) is 1. The Balaban J connectivity index is 2.31. The van der Waals surface area contributed by atoms with Crippen molar-refractivity contribution < 1.29 is 14.3 Å². The van der Waals surface area contributed by atoms with Gasteiger partial charge in [0.1, 0.15) is 15.1 Å². The van der Waals surface area contributed by atoms with E-state index in [0.717, 1.165) is 11.3 Å². The van der Waals surface area contributed by atoms with Crippen molar-refractivity contribution in [2.75, 3.05) is 0 Å². The van der Waals surface area contributed by atoms with Gasteiger partial charge in [0.25, 0.3) is 0 Å². The molecule has 0 fully saturated rings. The monoisotopic (exact) mass is 287 g/mol. The first-order valence-electron chi connectivity index (χ1n) is 5.81. The zero-order chi connectivity index (χ0) is 14.3. The van der Waals surface area contributed by atoms with Crippen molar-refractivity contribution in [3.8, 4) is 11.5 Å². The van der Waals surface area contributed by atoms with Gasteiger partial charge in [-0.3, -0.25) is 0 Å². The molecule has 1 N–H and O–H groups in total. The fourth-order valence-electron chi connectivity index (χ4n) is 1.98. The maximum atomic E-state index is 12.0. The molecule has 0 aliphatic carbocycles. The first kappa shape index (κ1) is 12.6. The van der Waals surface area contributed by atoms with Crippen molar-refractivity contribution in [1.29, 1.82) is 0 Å². The number of carboxylic acid groups (broad SMARTS) is 1. The number of benzene rings is 1. The second kappa shape index (κ2) is 4.57. The van der Waals surface area contributed by atoms with Crippen molar-refractivity contribution in [1.82, 2.24) is 4.98 Å². The van der Waals surface area contributed by atoms with E-state index < -0.39 is 11.6 Å². The summed E-state index contributed by atoms with van der Waals surface area (Å²) in [6.45, 7) is 1.59. The van der Waals surface area contributed by atoms with Gasteiger partial charge in [-0.05, 0) is 24.6 Å². The van der Waals surface area contributed by atoms with Crippen molar-refractivity contribution in [2.45, 2.75) is 6.92 Å². The smallest absolute Gasteiger partial charge is 0.348 e. The average molecular weight is 287 g/mol. The minimum atomic E-state index is -1.06. The van der Waals surface area contributed by atoms with Crippen LogP contribution in [-0.2, 0) is 0 Å². The normalized spacial score (nSPS) is 10.8. The number of aromatic carboxylic acids is 1. The van der Waals surface area contributed by atoms with Gasteiger partial charge in [-0.1, -0.05) is 18.2 Å². The van der Waals surface area contributed by atoms with Gasteiger partial charge < -0.3 is 9.52 Å². The van der Waals surface area contributed by atoms with Gasteiger partial charge >= 0.3 is 11.6 Å². The van der Waals surface area contributed by atoms with Crippen molar-refractivity contribution in [3.63, 3.8) is 0 Å². The highest BCUT2D eigenvalue weighted by molar-refractivity contribution is 7.20. The van der Waals surface area contributed by atoms with Gasteiger partial charge in [0.05, 0.1) is 0 Å². The van der Waals surface area contributed by atoms with Crippen LogP contribution in [0.25, 0.3) is 21.7 Å². The Labute approximate surface area is 117 Å². The first-order valence-corrected chi connectivity index (χ1v) is 6.62. The molecule has 2 heterocycles. The Kier molecular flexibility index (Phi) is 2.87. The molecule has 20 heavy (non-hydrogen) atoms. The van der Waals surface area contributed by atoms with E-state index in [4.69, 9.17) is 9.52 Å². The number of fused-ring (bicyclic) bond motifs is 1. The number of carboxylic acids is 1. The molecule has 3 aromatic rings. The summed E-state index contributed by atoms with van der Waals surface area (Å²) in [4.78, 5) is 27.9. The van der Waals surface area contributed by atoms with Crippen molar-refractivity contribution >= 4 is 27.5 Å². The highest BCUT2D eigenvalue weighted by Gasteiger charge is 2.19. The molecule has 0 saturated carbocycles. The molecule has 0 saturated heterocycles. The first-order chi connectivity index (χ1) is 9.58. The van der Waals surface area contributed by atoms with E-state index in [0.29, 0.717) is 16.0 Å². The Hall–Kier alpha value is -2.47. The van der Waals surface area contributed by atoms with E-state index in [1.807, 2.05) is 18.2 Å². The molecule has 0 spiro atoms. The third-order valence-electron chi connectivity index (χ3n) is 2.94. The van der Waals surface area contributed by atoms with Crippen LogP contribution in [0, 0.1) is 6.92 Å². The number of thiophene rings is 1. The minimum absolute atomic E-state index is 0.116. The Morgan fingerprint density at radius 2 is 2.00 bits per heavy atom. The highest BCUT2D eigenvalue weighted by atomic mass is 32.1. The van der Waals surface area contributed by atoms with Crippen LogP contribution < -0.4 is 5.63 Å². The maximum Gasteiger partial charge on any atom is 0.348 e. The maximum absolute atomic E-state index is 12.0. The third kappa shape index (κ3) is 1.90. The number of carbonyl (C=O) groups is 1. The summed E-state index contributed by atoms with van der Waals surface area (Å²) in [5.41, 5.74) is 0.517. The summed E-state index contributed by atoms with van der Waals surface area (Å²) in [5, 5.41) is 9.34. The number of aromatic nitrogens is 1. The van der Waals surface area contributed by atoms with Crippen LogP contribution in [-0.4, -0.2) is 16.1 Å². The summed E-state index contributed by atoms with van der Waals surface area (Å²) < 4.78 is 5.20. The van der Waals surface area contributed by atoms with Crippen LogP contribution in [0.15, 0.2) is 39.5 Å². The molecule has 1 aromatic carbocycles. The summed E-state index contributed by atoms with van der Waals surface area (Å²) >= 11 is 0.984. The lowest BCUT2D eigenvalue weighted by Gasteiger charge is -1.98. The largest absolute Gasteiger partial charge is 0.477 e. The summed E-state index contributed by atoms with van der Waals surface area (Å²) in [6.07, 6.45) is 0. The lowest BCUT2D eigenvalue weighted by Crippen LogP contribution is -2.03. The number of hydrogen-bond acceptors (Lipinski definition) is 5. The van der Waals surface area contributed by atoms with Crippen molar-refractivity contribution in [3.05, 3.63) is 51.2 Å². The lowest BCUT2D eigenvalue weighted by atomic mass is 10.2. The van der Waals surface area contributed by atoms with Crippen LogP contribution in [0.4, 0.5) is 0 Å². The molecular formula is C14H9NO4S. The predicted molar refractivity (Wildman–Crippen MR) is 75.3 cm³/mol. The minimum Gasteiger partial charge on any atom is -0.477 e. The number of aryl methyl sites for hydroxylation is 1. The highest BCUT2D eigenvalue weighted by Crippen LogP contribution is 2.29. The summed E-state index contributed by atoms with van der Waals surface area (Å²) in [6, 6.07) is 9.01. The molecule has 0 bridgehead atoms. The average Bonchev–Trinajstić information content (AvgIpc) is 2.77. The van der Waals surface area contributed by atoms with Crippen LogP contribution in [0.2, 0.25) is 0 Å². The van der Waals surface area contributed by atoms with E-state index in [9.17, 15) is 9.59 Å². The van der Waals surface area contributed by atoms with Gasteiger partial charge in [0.2, 0.25) is 5.89 Å². The Morgan fingerprint density at radius 3 is 2.65 bits per heavy atom. The van der Waals surface area contributed by atoms with Gasteiger partial charge in [0, 0.05) is 5.56 Å². The Morgan fingerprint density at radius 1 is 1.30 bits per heavy atom. The van der Waals surface area contributed by atoms with Gasteiger partial charge in [0.15, 0.2) is 0 Å². The summed E-state index contributed by atoms with van der Waals surface area (Å²) in [7, 11) is 0. The van der Waals surface area contributed by atoms with Crippen LogP contribution in [0.1, 0.15) is 15.2 Å². The molecular weight excluding hydrogens is 278 g/mol. The predicted octanol–water partition coefficient (Wildman–Crippen LogP) is 2.92. The molecule has 5 nitrogen and oxygen atoms in total. The number of rotatable bonds is 2. The van der Waals surface area contributed by atoms with E-state index in [-0.39, 0.29) is 16.2 Å². The molecule has 0 aliphatic rings. The standard InChI is InChI=1S/C14H9NO4S/c1-7-9-12(20-10(7)13(16)17)15-11(19-14(9)18)8-5-3-2-4-6-8/h2-6H,1H3,(H,16,17). The Bertz CT molecular complexity index is 864. The van der Waals surface area contributed by atoms with Crippen molar-refractivity contribution in [2.24, 2.45) is 0 Å². The SMILES string of the molecule is Cc1c(C(=O)O)sc2nc(-c3ccccc3)oc(=O)c12. The zero-order valence-electron chi connectivity index (χ0n) is 10.4. The second-order valence-electron chi connectivity index (χ2n) is 4.21. The molecule has 0 radical (unpaired) electrons. The molecule has 0 atom stereocenters. The quantitative estimate of drug-likeness (QED) is 0.783. The molecule has 0 amide bonds. The second-order valence-corrected chi connectivity index (χ2v) is 5.21. The van der Waals surface area contributed by atoms with E-state index in [2.05, 4.69) is 4.98 Å². The molecule has 100 valence electrons. The molecule has 2 aromatic heterocycles. The van der Waals surface area contributed by atoms with E-state index in [1.54, 1.807) is 19.1 Å². The lowest BCUT2D eigenvalue weighted by molar-refractivity contribution is 0.0701. The van der Waals surface area contributed by atoms with Crippen LogP contribution in [0.3, 0.4) is 0 Å². The molecule has 6 heteroatoms. The number of hydrogen-bond donors (Lipinski definition) is 1. The summed E-state index contributed by atoms with van der Waals surface area (Å²) in [5.74, 6) is -0.868. The van der Waals surface area contributed by atoms with Gasteiger partial charge in [-0.25, -0.2) is 14.6 Å². The van der Waals surface area contributed by atoms with E-state index >= 15 is 0 Å². The zero-order valence-corrected chi connectivity index (χ0v) is 11.2. The van der Waals surface area contributed by atoms with Gasteiger partial charge in [-0.15, -0.1) is 11.3 Å². The third-order valence-corrected chi connectivity index (χ3v) is 4.11. The molecule has 0 aliphatic heterocycles. The van der Waals surface area contributed by atoms with Gasteiger partial charge in [-0.2, -0.15) is 0 Å². The fraction of sp³-hybridized carbons (Fsp3) is 0.0714. The van der Waals surface area contributed by atoms with Crippen LogP contribution in [0.5, 0.6) is 0 Å². The van der Waals surface area contributed by atoms with Crippen LogP contribution >= 0.6 is 11.3 Å². The molecule has 0 unspecified atom stereocenters. The molecule has 3 rings (SSSR count). The fourth-order valence-corrected chi connectivity index (χ4v) is 2.98.